The second-order valence-electron chi connectivity index (χ2n) is 4.88. The molecule has 0 fully saturated rings. The van der Waals surface area contributed by atoms with E-state index in [2.05, 4.69) is 10.3 Å². The average Bonchev–Trinajstić information content (AvgIpc) is 3.18. The third-order valence-electron chi connectivity index (χ3n) is 3.29. The summed E-state index contributed by atoms with van der Waals surface area (Å²) >= 11 is 5.62. The van der Waals surface area contributed by atoms with E-state index in [1.54, 1.807) is 0 Å². The molecule has 0 saturated carbocycles. The Bertz CT molecular complexity index is 1190. The molecular formula is C14H7ClN4O7. The molecule has 0 unspecified atom stereocenters. The molecule has 0 atom stereocenters. The van der Waals surface area contributed by atoms with Gasteiger partial charge < -0.3 is 9.05 Å². The van der Waals surface area contributed by atoms with Crippen LogP contribution < -0.4 is 5.56 Å². The molecule has 0 aliphatic rings. The third-order valence-corrected chi connectivity index (χ3v) is 3.57. The van der Waals surface area contributed by atoms with Crippen LogP contribution >= 0.6 is 11.6 Å². The summed E-state index contributed by atoms with van der Waals surface area (Å²) in [5, 5.41) is 27.1. The largest absolute Gasteiger partial charge is 0.378 e. The number of H-pyrrole nitrogens is 1. The summed E-state index contributed by atoms with van der Waals surface area (Å²) < 4.78 is 9.50. The van der Waals surface area contributed by atoms with Crippen LogP contribution in [-0.2, 0) is 0 Å². The second-order valence-corrected chi connectivity index (χ2v) is 5.24. The normalized spacial score (nSPS) is 10.5. The maximum absolute atomic E-state index is 11.0. The van der Waals surface area contributed by atoms with Crippen LogP contribution in [-0.4, -0.2) is 20.2 Å². The Hall–Kier alpha value is -3.73. The molecule has 132 valence electrons. The minimum absolute atomic E-state index is 0.0300. The maximum atomic E-state index is 11.0. The molecule has 12 heteroatoms. The predicted octanol–water partition coefficient (Wildman–Crippen LogP) is 3.42. The molecular weight excluding hydrogens is 372 g/mol. The van der Waals surface area contributed by atoms with Gasteiger partial charge in [0.2, 0.25) is 0 Å². The highest BCUT2D eigenvalue weighted by Crippen LogP contribution is 2.26. The molecule has 0 spiro atoms. The molecule has 0 radical (unpaired) electrons. The first kappa shape index (κ1) is 17.1. The molecule has 0 aliphatic carbocycles. The van der Waals surface area contributed by atoms with Gasteiger partial charge in [0.15, 0.2) is 16.3 Å². The molecule has 0 aliphatic heterocycles. The SMILES string of the molecule is O=[N+]([O-])c1ccc2onc(Cl)c2c1.O=c1[nH]oc2ccc([N+](=O)[O-])cc12. The van der Waals surface area contributed by atoms with Gasteiger partial charge in [-0.3, -0.25) is 25.0 Å². The standard InChI is InChI=1S/C7H3ClN2O3.C7H4N2O4/c8-7-5-3-4(10(11)12)1-2-6(5)13-9-7;10-7-5-3-4(9(11)12)1-2-6(5)13-8-7/h1-3H;1-3H,(H,8,10). The molecule has 1 N–H and O–H groups in total. The van der Waals surface area contributed by atoms with Gasteiger partial charge in [0.25, 0.3) is 16.9 Å². The number of hydrogen-bond donors (Lipinski definition) is 1. The van der Waals surface area contributed by atoms with Crippen LogP contribution in [0.1, 0.15) is 0 Å². The van der Waals surface area contributed by atoms with E-state index in [0.717, 1.165) is 0 Å². The van der Waals surface area contributed by atoms with Gasteiger partial charge in [-0.05, 0) is 12.1 Å². The number of nitrogens with zero attached hydrogens (tertiary/aromatic N) is 3. The predicted molar refractivity (Wildman–Crippen MR) is 89.2 cm³/mol. The van der Waals surface area contributed by atoms with E-state index in [4.69, 9.17) is 20.6 Å². The van der Waals surface area contributed by atoms with Crippen molar-refractivity contribution in [2.45, 2.75) is 0 Å². The van der Waals surface area contributed by atoms with Crippen molar-refractivity contribution in [3.05, 3.63) is 72.1 Å². The van der Waals surface area contributed by atoms with Crippen LogP contribution in [0.4, 0.5) is 11.4 Å². The Balaban J connectivity index is 0.000000151. The zero-order valence-electron chi connectivity index (χ0n) is 12.5. The van der Waals surface area contributed by atoms with Crippen molar-refractivity contribution in [2.24, 2.45) is 0 Å². The molecule has 4 rings (SSSR count). The fourth-order valence-electron chi connectivity index (χ4n) is 2.07. The number of hydrogen-bond acceptors (Lipinski definition) is 8. The summed E-state index contributed by atoms with van der Waals surface area (Å²) in [6.07, 6.45) is 0. The van der Waals surface area contributed by atoms with Gasteiger partial charge in [-0.1, -0.05) is 16.8 Å². The Morgan fingerprint density at radius 3 is 2.15 bits per heavy atom. The molecule has 11 nitrogen and oxygen atoms in total. The topological polar surface area (TPSA) is 158 Å². The number of fused-ring (bicyclic) bond motifs is 2. The zero-order valence-corrected chi connectivity index (χ0v) is 13.3. The van der Waals surface area contributed by atoms with E-state index in [1.165, 1.54) is 36.4 Å². The van der Waals surface area contributed by atoms with Gasteiger partial charge in [0.1, 0.15) is 0 Å². The van der Waals surface area contributed by atoms with Crippen molar-refractivity contribution in [1.82, 2.24) is 10.3 Å². The number of non-ortho nitro benzene ring substituents is 2. The van der Waals surface area contributed by atoms with Gasteiger partial charge in [0.05, 0.1) is 20.6 Å². The van der Waals surface area contributed by atoms with Gasteiger partial charge >= 0.3 is 0 Å². The van der Waals surface area contributed by atoms with Crippen molar-refractivity contribution in [2.75, 3.05) is 0 Å². The lowest BCUT2D eigenvalue weighted by atomic mass is 10.2. The number of nitrogens with one attached hydrogen (secondary N) is 1. The second kappa shape index (κ2) is 6.64. The Kier molecular flexibility index (Phi) is 4.37. The van der Waals surface area contributed by atoms with Crippen molar-refractivity contribution < 1.29 is 18.9 Å². The monoisotopic (exact) mass is 378 g/mol. The first-order valence-electron chi connectivity index (χ1n) is 6.82. The fraction of sp³-hybridized carbons (Fsp3) is 0. The van der Waals surface area contributed by atoms with E-state index in [9.17, 15) is 25.0 Å². The summed E-state index contributed by atoms with van der Waals surface area (Å²) in [7, 11) is 0. The smallest absolute Gasteiger partial charge is 0.288 e. The first-order valence-corrected chi connectivity index (χ1v) is 7.19. The fourth-order valence-corrected chi connectivity index (χ4v) is 2.25. The van der Waals surface area contributed by atoms with E-state index < -0.39 is 15.4 Å². The number of benzene rings is 2. The number of rotatable bonds is 2. The summed E-state index contributed by atoms with van der Waals surface area (Å²) in [6.45, 7) is 0. The van der Waals surface area contributed by atoms with Crippen LogP contribution in [0.2, 0.25) is 5.15 Å². The van der Waals surface area contributed by atoms with E-state index in [1.807, 2.05) is 0 Å². The molecule has 0 bridgehead atoms. The summed E-state index contributed by atoms with van der Waals surface area (Å²) in [4.78, 5) is 30.7. The van der Waals surface area contributed by atoms with Crippen molar-refractivity contribution >= 4 is 44.9 Å². The molecule has 4 aromatic rings. The quantitative estimate of drug-likeness (QED) is 0.410. The van der Waals surface area contributed by atoms with Crippen molar-refractivity contribution in [3.63, 3.8) is 0 Å². The number of nitro benzene ring substituents is 2. The Labute approximate surface area is 147 Å². The number of aromatic amines is 1. The van der Waals surface area contributed by atoms with Gasteiger partial charge in [-0.25, -0.2) is 0 Å². The molecule has 26 heavy (non-hydrogen) atoms. The summed E-state index contributed by atoms with van der Waals surface area (Å²) in [5.74, 6) is 0. The van der Waals surface area contributed by atoms with E-state index in [0.29, 0.717) is 16.6 Å². The highest BCUT2D eigenvalue weighted by Gasteiger charge is 2.12. The number of aromatic nitrogens is 2. The Morgan fingerprint density at radius 2 is 1.54 bits per heavy atom. The van der Waals surface area contributed by atoms with Crippen LogP contribution in [0.25, 0.3) is 21.9 Å². The lowest BCUT2D eigenvalue weighted by Gasteiger charge is -1.89. The molecule has 0 amide bonds. The minimum atomic E-state index is -0.564. The number of nitro groups is 2. The van der Waals surface area contributed by atoms with E-state index >= 15 is 0 Å². The highest BCUT2D eigenvalue weighted by molar-refractivity contribution is 6.34. The highest BCUT2D eigenvalue weighted by atomic mass is 35.5. The minimum Gasteiger partial charge on any atom is -0.378 e. The maximum Gasteiger partial charge on any atom is 0.288 e. The number of halogens is 1. The van der Waals surface area contributed by atoms with E-state index in [-0.39, 0.29) is 21.9 Å². The summed E-state index contributed by atoms with van der Waals surface area (Å²) in [5.41, 5.74) is 0.141. The molecule has 2 aromatic heterocycles. The van der Waals surface area contributed by atoms with Crippen LogP contribution in [0, 0.1) is 20.2 Å². The zero-order chi connectivity index (χ0) is 18.8. The van der Waals surface area contributed by atoms with Gasteiger partial charge in [0, 0.05) is 24.3 Å². The van der Waals surface area contributed by atoms with Crippen LogP contribution in [0.15, 0.2) is 50.2 Å². The molecule has 0 saturated heterocycles. The summed E-state index contributed by atoms with van der Waals surface area (Å²) in [6, 6.07) is 7.96. The van der Waals surface area contributed by atoms with Gasteiger partial charge in [-0.15, -0.1) is 0 Å². The van der Waals surface area contributed by atoms with Crippen LogP contribution in [0.5, 0.6) is 0 Å². The lowest BCUT2D eigenvalue weighted by Crippen LogP contribution is -1.97. The lowest BCUT2D eigenvalue weighted by molar-refractivity contribution is -0.384. The molecule has 2 aromatic carbocycles. The van der Waals surface area contributed by atoms with Crippen LogP contribution in [0.3, 0.4) is 0 Å². The van der Waals surface area contributed by atoms with Crippen molar-refractivity contribution in [1.29, 1.82) is 0 Å². The first-order chi connectivity index (χ1) is 12.4. The third kappa shape index (κ3) is 3.23. The van der Waals surface area contributed by atoms with Crippen molar-refractivity contribution in [3.8, 4) is 0 Å². The Morgan fingerprint density at radius 1 is 0.962 bits per heavy atom. The molecule has 2 heterocycles. The average molecular weight is 379 g/mol. The van der Waals surface area contributed by atoms with Gasteiger partial charge in [-0.2, -0.15) is 5.16 Å².